The van der Waals surface area contributed by atoms with Crippen molar-refractivity contribution in [2.75, 3.05) is 13.1 Å². The van der Waals surface area contributed by atoms with E-state index in [1.54, 1.807) is 0 Å². The molecule has 10 atom stereocenters. The first-order chi connectivity index (χ1) is 23.6. The van der Waals surface area contributed by atoms with Crippen LogP contribution in [-0.4, -0.2) is 117 Å². The minimum atomic E-state index is -1.73. The molecule has 2 aliphatic heterocycles. The largest absolute Gasteiger partial charge is 0.388 e. The van der Waals surface area contributed by atoms with Gasteiger partial charge in [-0.25, -0.2) is 0 Å². The van der Waals surface area contributed by atoms with Crippen molar-refractivity contribution < 1.29 is 54.4 Å². The van der Waals surface area contributed by atoms with E-state index in [0.717, 1.165) is 38.5 Å². The van der Waals surface area contributed by atoms with Crippen molar-refractivity contribution >= 4 is 11.8 Å². The molecule has 2 fully saturated rings. The molecular formula is C36H68N2O11. The van der Waals surface area contributed by atoms with Crippen LogP contribution in [0.5, 0.6) is 0 Å². The van der Waals surface area contributed by atoms with Gasteiger partial charge in [-0.2, -0.15) is 0 Å². The van der Waals surface area contributed by atoms with Gasteiger partial charge in [-0.3, -0.25) is 9.59 Å². The number of carbonyl (C=O) groups is 2. The van der Waals surface area contributed by atoms with E-state index in [2.05, 4.69) is 24.5 Å². The van der Waals surface area contributed by atoms with Crippen molar-refractivity contribution in [2.24, 2.45) is 0 Å². The van der Waals surface area contributed by atoms with Crippen LogP contribution in [0.15, 0.2) is 0 Å². The topological polar surface area (TPSA) is 207 Å². The van der Waals surface area contributed by atoms with E-state index in [9.17, 15) is 40.2 Å². The molecule has 0 spiro atoms. The monoisotopic (exact) mass is 704 g/mol. The molecule has 13 heteroatoms. The highest BCUT2D eigenvalue weighted by molar-refractivity contribution is 5.76. The summed E-state index contributed by atoms with van der Waals surface area (Å²) in [5.74, 6) is -0.464. The molecule has 13 nitrogen and oxygen atoms in total. The Bertz CT molecular complexity index is 816. The molecule has 288 valence electrons. The lowest BCUT2D eigenvalue weighted by molar-refractivity contribution is -0.374. The Morgan fingerprint density at radius 2 is 0.816 bits per heavy atom. The van der Waals surface area contributed by atoms with Crippen LogP contribution < -0.4 is 10.6 Å². The van der Waals surface area contributed by atoms with Crippen LogP contribution in [-0.2, 0) is 23.8 Å². The summed E-state index contributed by atoms with van der Waals surface area (Å²) in [5.41, 5.74) is 0. The lowest BCUT2D eigenvalue weighted by Crippen LogP contribution is -2.63. The maximum Gasteiger partial charge on any atom is 0.220 e. The van der Waals surface area contributed by atoms with Crippen molar-refractivity contribution in [3.63, 3.8) is 0 Å². The molecule has 0 radical (unpaired) electrons. The third kappa shape index (κ3) is 16.6. The second-order valence-electron chi connectivity index (χ2n) is 13.9. The number of aliphatic hydroxyl groups is 6. The lowest BCUT2D eigenvalue weighted by Gasteiger charge is -2.45. The lowest BCUT2D eigenvalue weighted by atomic mass is 9.94. The van der Waals surface area contributed by atoms with Crippen molar-refractivity contribution in [2.45, 2.75) is 204 Å². The van der Waals surface area contributed by atoms with Gasteiger partial charge in [0.2, 0.25) is 11.8 Å². The van der Waals surface area contributed by atoms with Gasteiger partial charge in [0.1, 0.15) is 36.6 Å². The van der Waals surface area contributed by atoms with E-state index in [-0.39, 0.29) is 37.5 Å². The number of rotatable bonds is 26. The number of unbranched alkanes of at least 4 members (excludes halogenated alkanes) is 14. The summed E-state index contributed by atoms with van der Waals surface area (Å²) in [6, 6.07) is 0. The normalized spacial score (nSPS) is 30.3. The summed E-state index contributed by atoms with van der Waals surface area (Å²) in [7, 11) is 0. The third-order valence-electron chi connectivity index (χ3n) is 9.62. The van der Waals surface area contributed by atoms with Crippen molar-refractivity contribution in [3.8, 4) is 0 Å². The number of ether oxygens (including phenoxy) is 3. The Morgan fingerprint density at radius 3 is 1.16 bits per heavy atom. The maximum atomic E-state index is 12.4. The van der Waals surface area contributed by atoms with Crippen LogP contribution in [0.3, 0.4) is 0 Å². The fourth-order valence-corrected chi connectivity index (χ4v) is 6.36. The van der Waals surface area contributed by atoms with Crippen LogP contribution in [0.25, 0.3) is 0 Å². The van der Waals surface area contributed by atoms with Crippen LogP contribution in [0.4, 0.5) is 0 Å². The summed E-state index contributed by atoms with van der Waals surface area (Å²) in [6.07, 6.45) is 3.37. The Morgan fingerprint density at radius 1 is 0.490 bits per heavy atom. The van der Waals surface area contributed by atoms with E-state index in [1.807, 2.05) is 0 Å². The number of aliphatic hydroxyl groups excluding tert-OH is 6. The number of carbonyl (C=O) groups excluding carboxylic acids is 2. The second-order valence-corrected chi connectivity index (χ2v) is 13.9. The van der Waals surface area contributed by atoms with Gasteiger partial charge in [-0.05, 0) is 25.7 Å². The van der Waals surface area contributed by atoms with Gasteiger partial charge in [0.15, 0.2) is 12.6 Å². The zero-order chi connectivity index (χ0) is 36.0. The molecule has 2 saturated heterocycles. The minimum Gasteiger partial charge on any atom is -0.388 e. The van der Waals surface area contributed by atoms with Gasteiger partial charge >= 0.3 is 0 Å². The number of nitrogens with one attached hydrogen (secondary N) is 2. The zero-order valence-electron chi connectivity index (χ0n) is 30.1. The average molecular weight is 705 g/mol. The molecule has 0 saturated carbocycles. The minimum absolute atomic E-state index is 0.00489. The second kappa shape index (κ2) is 25.5. The molecule has 2 aliphatic rings. The van der Waals surface area contributed by atoms with Gasteiger partial charge in [0.05, 0.1) is 12.2 Å². The molecule has 0 aromatic rings. The highest BCUT2D eigenvalue weighted by Gasteiger charge is 2.49. The maximum absolute atomic E-state index is 12.4. The fourth-order valence-electron chi connectivity index (χ4n) is 6.36. The zero-order valence-corrected chi connectivity index (χ0v) is 30.1. The van der Waals surface area contributed by atoms with E-state index in [4.69, 9.17) is 14.2 Å². The first-order valence-corrected chi connectivity index (χ1v) is 19.2. The first kappa shape index (κ1) is 43.7. The SMILES string of the molecule is CCCCCCCCCCNC(=O)CC[C@H]1O[C@H](OC2O[C@H](CCC(=O)NCCCCCCCCCC)[C@@H](O)[C@H](O)[C@H]2O)[C@H](O)[C@H](O)[C@@H]1O. The van der Waals surface area contributed by atoms with Gasteiger partial charge in [-0.15, -0.1) is 0 Å². The van der Waals surface area contributed by atoms with E-state index in [1.165, 1.54) is 64.2 Å². The van der Waals surface area contributed by atoms with Gasteiger partial charge in [0, 0.05) is 25.9 Å². The van der Waals surface area contributed by atoms with Gasteiger partial charge in [0.25, 0.3) is 0 Å². The van der Waals surface area contributed by atoms with Crippen LogP contribution in [0.2, 0.25) is 0 Å². The van der Waals surface area contributed by atoms with Crippen LogP contribution >= 0.6 is 0 Å². The fraction of sp³-hybridized carbons (Fsp3) is 0.944. The van der Waals surface area contributed by atoms with Crippen molar-refractivity contribution in [1.82, 2.24) is 10.6 Å². The molecule has 2 rings (SSSR count). The highest BCUT2D eigenvalue weighted by atomic mass is 16.8. The number of hydrogen-bond donors (Lipinski definition) is 8. The molecular weight excluding hydrogens is 636 g/mol. The first-order valence-electron chi connectivity index (χ1n) is 19.2. The highest BCUT2D eigenvalue weighted by Crippen LogP contribution is 2.30. The van der Waals surface area contributed by atoms with Crippen LogP contribution in [0.1, 0.15) is 142 Å². The molecule has 0 aliphatic carbocycles. The van der Waals surface area contributed by atoms with Gasteiger partial charge in [-0.1, -0.05) is 104 Å². The van der Waals surface area contributed by atoms with E-state index >= 15 is 0 Å². The molecule has 2 amide bonds. The quantitative estimate of drug-likeness (QED) is 0.0615. The van der Waals surface area contributed by atoms with Crippen molar-refractivity contribution in [3.05, 3.63) is 0 Å². The predicted molar refractivity (Wildman–Crippen MR) is 184 cm³/mol. The molecule has 0 aromatic carbocycles. The summed E-state index contributed by atoms with van der Waals surface area (Å²) in [5, 5.41) is 68.9. The Labute approximate surface area is 293 Å². The summed E-state index contributed by atoms with van der Waals surface area (Å²) in [6.45, 7) is 5.47. The Kier molecular flexibility index (Phi) is 22.8. The van der Waals surface area contributed by atoms with Crippen molar-refractivity contribution in [1.29, 1.82) is 0 Å². The summed E-state index contributed by atoms with van der Waals surface area (Å²) >= 11 is 0. The summed E-state index contributed by atoms with van der Waals surface area (Å²) in [4.78, 5) is 24.8. The van der Waals surface area contributed by atoms with Crippen LogP contribution in [0, 0.1) is 0 Å². The third-order valence-corrected chi connectivity index (χ3v) is 9.62. The summed E-state index contributed by atoms with van der Waals surface area (Å²) < 4.78 is 17.1. The van der Waals surface area contributed by atoms with E-state index in [0.29, 0.717) is 13.1 Å². The smallest absolute Gasteiger partial charge is 0.220 e. The average Bonchev–Trinajstić information content (AvgIpc) is 3.09. The number of amides is 2. The van der Waals surface area contributed by atoms with E-state index < -0.39 is 61.4 Å². The molecule has 8 N–H and O–H groups in total. The molecule has 0 aromatic heterocycles. The Hall–Kier alpha value is -1.42. The predicted octanol–water partition coefficient (Wildman–Crippen LogP) is 2.69. The molecule has 1 unspecified atom stereocenters. The standard InChI is InChI=1S/C36H68N2O11/c1-3-5-7-9-11-13-15-17-23-37-27(39)21-19-25-29(41)31(43)33(45)35(47-25)49-36-34(46)32(44)30(42)26(48-36)20-22-28(40)38-24-18-16-14-12-10-8-6-4-2/h25-26,29-36,41-46H,3-24H2,1-2H3,(H,37,39)(H,38,40)/t25-,26-,29-,30-,31-,32+,33-,34-,35-,36?/m1/s1. The Balaban J connectivity index is 1.76. The number of hydrogen-bond acceptors (Lipinski definition) is 11. The molecule has 49 heavy (non-hydrogen) atoms. The molecule has 0 bridgehead atoms. The van der Waals surface area contributed by atoms with Gasteiger partial charge < -0.3 is 55.5 Å². The molecule has 2 heterocycles.